The van der Waals surface area contributed by atoms with Crippen molar-refractivity contribution in [3.8, 4) is 5.88 Å². The number of aromatic nitrogens is 1. The van der Waals surface area contributed by atoms with E-state index in [0.29, 0.717) is 0 Å². The zero-order chi connectivity index (χ0) is 13.2. The van der Waals surface area contributed by atoms with E-state index < -0.39 is 23.4 Å². The van der Waals surface area contributed by atoms with Crippen LogP contribution in [0.2, 0.25) is 5.15 Å². The summed E-state index contributed by atoms with van der Waals surface area (Å²) in [5, 5.41) is 8.15. The van der Waals surface area contributed by atoms with Gasteiger partial charge in [-0.25, -0.2) is 4.79 Å². The van der Waals surface area contributed by atoms with E-state index >= 15 is 0 Å². The van der Waals surface area contributed by atoms with Crippen LogP contribution in [-0.2, 0) is 0 Å². The molecule has 0 amide bonds. The Labute approximate surface area is 114 Å². The largest absolute Gasteiger partial charge is 0.574 e. The molecule has 0 spiro atoms. The maximum atomic E-state index is 12.0. The highest BCUT2D eigenvalue weighted by molar-refractivity contribution is 14.2. The highest BCUT2D eigenvalue weighted by Gasteiger charge is 2.33. The highest BCUT2D eigenvalue weighted by Crippen LogP contribution is 2.37. The Bertz CT molecular complexity index is 457. The van der Waals surface area contributed by atoms with Crippen LogP contribution >= 0.6 is 41.7 Å². The second kappa shape index (κ2) is 5.48. The van der Waals surface area contributed by atoms with E-state index in [0.717, 1.165) is 15.0 Å². The average Bonchev–Trinajstić information content (AvgIpc) is 2.14. The standard InChI is InChI=1S/C7H2ClF3INO3S/c8-4-2(6(14)15)1-3(17-12)5(13-4)16-7(9,10)11/h1H,(H,14,15). The topological polar surface area (TPSA) is 59.4 Å². The molecule has 0 radical (unpaired) electrons. The first-order chi connectivity index (χ1) is 7.74. The van der Waals surface area contributed by atoms with Crippen LogP contribution in [0.5, 0.6) is 5.88 Å². The summed E-state index contributed by atoms with van der Waals surface area (Å²) in [5.74, 6) is -2.15. The molecule has 1 aromatic rings. The predicted molar refractivity (Wildman–Crippen MR) is 62.8 cm³/mol. The monoisotopic (exact) mass is 399 g/mol. The summed E-state index contributed by atoms with van der Waals surface area (Å²) < 4.78 is 39.7. The molecule has 0 fully saturated rings. The van der Waals surface area contributed by atoms with Crippen LogP contribution in [0, 0.1) is 0 Å². The molecule has 0 aromatic carbocycles. The van der Waals surface area contributed by atoms with Gasteiger partial charge in [0, 0.05) is 21.2 Å². The lowest BCUT2D eigenvalue weighted by Gasteiger charge is -2.11. The molecule has 1 N–H and O–H groups in total. The van der Waals surface area contributed by atoms with Crippen LogP contribution < -0.4 is 4.74 Å². The van der Waals surface area contributed by atoms with Crippen LogP contribution in [0.15, 0.2) is 11.0 Å². The number of pyridine rings is 1. The molecule has 0 bridgehead atoms. The normalized spacial score (nSPS) is 11.4. The van der Waals surface area contributed by atoms with Crippen molar-refractivity contribution < 1.29 is 27.8 Å². The Morgan fingerprint density at radius 2 is 2.18 bits per heavy atom. The van der Waals surface area contributed by atoms with E-state index in [2.05, 4.69) is 9.72 Å². The van der Waals surface area contributed by atoms with Crippen molar-refractivity contribution in [3.63, 3.8) is 0 Å². The molecular formula is C7H2ClF3INO3S. The molecule has 0 atom stereocenters. The van der Waals surface area contributed by atoms with Gasteiger partial charge in [-0.05, 0) is 15.0 Å². The third-order valence-corrected chi connectivity index (χ3v) is 3.60. The maximum Gasteiger partial charge on any atom is 0.574 e. The fraction of sp³-hybridized carbons (Fsp3) is 0.143. The molecular weight excluding hydrogens is 397 g/mol. The Morgan fingerprint density at radius 1 is 1.59 bits per heavy atom. The zero-order valence-corrected chi connectivity index (χ0v) is 11.3. The summed E-state index contributed by atoms with van der Waals surface area (Å²) in [4.78, 5) is 13.9. The van der Waals surface area contributed by atoms with Gasteiger partial charge in [0.25, 0.3) is 0 Å². The van der Waals surface area contributed by atoms with Crippen LogP contribution in [0.25, 0.3) is 0 Å². The number of aromatic carboxylic acids is 1. The van der Waals surface area contributed by atoms with Crippen molar-refractivity contribution >= 4 is 47.7 Å². The van der Waals surface area contributed by atoms with Crippen LogP contribution in [0.3, 0.4) is 0 Å². The quantitative estimate of drug-likeness (QED) is 0.619. The average molecular weight is 400 g/mol. The third kappa shape index (κ3) is 4.07. The lowest BCUT2D eigenvalue weighted by atomic mass is 10.3. The van der Waals surface area contributed by atoms with Gasteiger partial charge in [-0.15, -0.1) is 13.2 Å². The Morgan fingerprint density at radius 3 is 2.59 bits per heavy atom. The number of carboxylic acids is 1. The first-order valence-corrected chi connectivity index (χ1v) is 7.46. The minimum Gasteiger partial charge on any atom is -0.478 e. The number of hydrogen-bond donors (Lipinski definition) is 1. The fourth-order valence-electron chi connectivity index (χ4n) is 0.845. The lowest BCUT2D eigenvalue weighted by molar-refractivity contribution is -0.277. The van der Waals surface area contributed by atoms with Crippen molar-refractivity contribution in [2.75, 3.05) is 0 Å². The number of halogens is 5. The zero-order valence-electron chi connectivity index (χ0n) is 7.59. The minimum atomic E-state index is -4.91. The number of alkyl halides is 3. The van der Waals surface area contributed by atoms with Gasteiger partial charge in [0.15, 0.2) is 0 Å². The van der Waals surface area contributed by atoms with E-state index in [1.165, 1.54) is 0 Å². The Kier molecular flexibility index (Phi) is 4.72. The summed E-state index contributed by atoms with van der Waals surface area (Å²) in [6, 6.07) is 0.968. The molecule has 10 heteroatoms. The Hall–Kier alpha value is -0.420. The second-order valence-electron chi connectivity index (χ2n) is 2.56. The number of ether oxygens (including phenoxy) is 1. The van der Waals surface area contributed by atoms with Gasteiger partial charge in [-0.2, -0.15) is 4.98 Å². The molecule has 4 nitrogen and oxygen atoms in total. The summed E-state index contributed by atoms with van der Waals surface area (Å²) in [5.41, 5.74) is -0.389. The van der Waals surface area contributed by atoms with Crippen molar-refractivity contribution in [1.29, 1.82) is 0 Å². The van der Waals surface area contributed by atoms with Crippen LogP contribution in [-0.4, -0.2) is 22.4 Å². The van der Waals surface area contributed by atoms with Gasteiger partial charge in [-0.1, -0.05) is 11.6 Å². The number of carbonyl (C=O) groups is 1. The number of hydrogen-bond acceptors (Lipinski definition) is 4. The molecule has 0 aliphatic heterocycles. The van der Waals surface area contributed by atoms with Crippen molar-refractivity contribution in [2.24, 2.45) is 0 Å². The number of nitrogens with zero attached hydrogens (tertiary/aromatic N) is 1. The lowest BCUT2D eigenvalue weighted by Crippen LogP contribution is -2.18. The molecule has 1 heterocycles. The summed E-state index contributed by atoms with van der Waals surface area (Å²) in [6.45, 7) is 0. The molecule has 1 rings (SSSR count). The molecule has 0 saturated heterocycles. The van der Waals surface area contributed by atoms with Crippen LogP contribution in [0.1, 0.15) is 10.4 Å². The maximum absolute atomic E-state index is 12.0. The molecule has 17 heavy (non-hydrogen) atoms. The van der Waals surface area contributed by atoms with Crippen LogP contribution in [0.4, 0.5) is 13.2 Å². The molecule has 94 valence electrons. The van der Waals surface area contributed by atoms with Gasteiger partial charge in [0.05, 0.1) is 10.5 Å². The molecule has 0 unspecified atom stereocenters. The van der Waals surface area contributed by atoms with E-state index in [4.69, 9.17) is 16.7 Å². The predicted octanol–water partition coefficient (Wildman–Crippen LogP) is 3.77. The summed E-state index contributed by atoms with van der Waals surface area (Å²) in [6.07, 6.45) is -4.91. The fourth-order valence-corrected chi connectivity index (χ4v) is 2.32. The number of rotatable bonds is 3. The minimum absolute atomic E-state index is 0.0790. The second-order valence-corrected chi connectivity index (χ2v) is 4.83. The SMILES string of the molecule is O=C(O)c1cc(SI)c(OC(F)(F)F)nc1Cl. The third-order valence-electron chi connectivity index (χ3n) is 1.43. The van der Waals surface area contributed by atoms with Gasteiger partial charge < -0.3 is 9.84 Å². The Balaban J connectivity index is 3.24. The van der Waals surface area contributed by atoms with E-state index in [-0.39, 0.29) is 10.5 Å². The molecule has 0 saturated carbocycles. The molecule has 0 aliphatic rings. The summed E-state index contributed by atoms with van der Waals surface area (Å²) >= 11 is 7.11. The van der Waals surface area contributed by atoms with Gasteiger partial charge >= 0.3 is 12.3 Å². The van der Waals surface area contributed by atoms with Crippen molar-refractivity contribution in [3.05, 3.63) is 16.8 Å². The summed E-state index contributed by atoms with van der Waals surface area (Å²) in [7, 11) is 0.837. The van der Waals surface area contributed by atoms with E-state index in [9.17, 15) is 18.0 Å². The molecule has 1 aromatic heterocycles. The van der Waals surface area contributed by atoms with Gasteiger partial charge in [0.2, 0.25) is 5.88 Å². The van der Waals surface area contributed by atoms with Crippen molar-refractivity contribution in [2.45, 2.75) is 11.3 Å². The van der Waals surface area contributed by atoms with E-state index in [1.807, 2.05) is 0 Å². The molecule has 0 aliphatic carbocycles. The highest BCUT2D eigenvalue weighted by atomic mass is 127. The smallest absolute Gasteiger partial charge is 0.478 e. The van der Waals surface area contributed by atoms with Crippen molar-refractivity contribution in [1.82, 2.24) is 4.98 Å². The first-order valence-electron chi connectivity index (χ1n) is 3.72. The van der Waals surface area contributed by atoms with E-state index in [1.54, 1.807) is 21.2 Å². The van der Waals surface area contributed by atoms with Gasteiger partial charge in [-0.3, -0.25) is 0 Å². The van der Waals surface area contributed by atoms with Gasteiger partial charge in [0.1, 0.15) is 5.15 Å². The number of carboxylic acid groups (broad SMARTS) is 1. The first kappa shape index (κ1) is 14.6.